The molecule has 1 N–H and O–H groups in total. The van der Waals surface area contributed by atoms with Crippen LogP contribution in [0.1, 0.15) is 31.2 Å². The second kappa shape index (κ2) is 6.39. The fourth-order valence-electron chi connectivity index (χ4n) is 2.65. The molecule has 0 saturated carbocycles. The van der Waals surface area contributed by atoms with E-state index >= 15 is 0 Å². The average Bonchev–Trinajstić information content (AvgIpc) is 2.49. The summed E-state index contributed by atoms with van der Waals surface area (Å²) in [4.78, 5) is 19.6. The Labute approximate surface area is 118 Å². The molecule has 5 atom stereocenters. The van der Waals surface area contributed by atoms with Crippen LogP contribution in [0.5, 0.6) is 0 Å². The van der Waals surface area contributed by atoms with Gasteiger partial charge in [0.25, 0.3) is 0 Å². The molecule has 0 spiro atoms. The smallest absolute Gasteiger partial charge is 0.128 e. The van der Waals surface area contributed by atoms with Gasteiger partial charge >= 0.3 is 0 Å². The highest BCUT2D eigenvalue weighted by Crippen LogP contribution is 2.36. The quantitative estimate of drug-likeness (QED) is 0.817. The first-order valence-electron chi connectivity index (χ1n) is 6.74. The summed E-state index contributed by atoms with van der Waals surface area (Å²) in [6.07, 6.45) is 2.32. The first-order valence-corrected chi connectivity index (χ1v) is 6.74. The Kier molecular flexibility index (Phi) is 4.80. The number of aliphatic hydroxyl groups is 1. The maximum atomic E-state index is 11.3. The van der Waals surface area contributed by atoms with Gasteiger partial charge in [-0.25, -0.2) is 9.97 Å². The Morgan fingerprint density at radius 2 is 2.30 bits per heavy atom. The number of nitrogens with zero attached hydrogens (tertiary/aromatic N) is 2. The molecule has 0 aromatic carbocycles. The van der Waals surface area contributed by atoms with Crippen molar-refractivity contribution in [3.63, 3.8) is 0 Å². The van der Waals surface area contributed by atoms with E-state index in [2.05, 4.69) is 9.97 Å². The van der Waals surface area contributed by atoms with E-state index in [4.69, 9.17) is 9.47 Å². The number of carbonyl (C=O) groups is 1. The predicted molar refractivity (Wildman–Crippen MR) is 71.1 cm³/mol. The molecule has 20 heavy (non-hydrogen) atoms. The van der Waals surface area contributed by atoms with Crippen LogP contribution in [0.3, 0.4) is 0 Å². The predicted octanol–water partition coefficient (Wildman–Crippen LogP) is 0.690. The summed E-state index contributed by atoms with van der Waals surface area (Å²) in [5.41, 5.74) is 1.67. The number of hydrogen-bond acceptors (Lipinski definition) is 6. The number of aryl methyl sites for hydroxylation is 1. The molecule has 1 aromatic heterocycles. The molecule has 1 fully saturated rings. The minimum atomic E-state index is -0.874. The Balaban J connectivity index is 2.40. The Bertz CT molecular complexity index is 468. The Morgan fingerprint density at radius 1 is 1.55 bits per heavy atom. The van der Waals surface area contributed by atoms with Crippen LogP contribution in [0, 0.1) is 5.92 Å². The molecule has 0 radical (unpaired) electrons. The Morgan fingerprint density at radius 3 is 2.90 bits per heavy atom. The second-order valence-electron chi connectivity index (χ2n) is 4.95. The number of aldehydes is 1. The summed E-state index contributed by atoms with van der Waals surface area (Å²) >= 11 is 0. The van der Waals surface area contributed by atoms with Crippen LogP contribution in [0.2, 0.25) is 0 Å². The third kappa shape index (κ3) is 2.59. The van der Waals surface area contributed by atoms with Gasteiger partial charge in [-0.2, -0.15) is 0 Å². The third-order valence-corrected chi connectivity index (χ3v) is 3.82. The van der Waals surface area contributed by atoms with Crippen LogP contribution in [-0.4, -0.2) is 46.8 Å². The molecule has 0 aliphatic carbocycles. The van der Waals surface area contributed by atoms with Crippen molar-refractivity contribution in [3.05, 3.63) is 23.8 Å². The average molecular weight is 280 g/mol. The highest BCUT2D eigenvalue weighted by atomic mass is 16.6. The molecule has 110 valence electrons. The summed E-state index contributed by atoms with van der Waals surface area (Å²) in [6.45, 7) is 3.75. The molecule has 1 saturated heterocycles. The van der Waals surface area contributed by atoms with Gasteiger partial charge in [0.05, 0.1) is 23.8 Å². The monoisotopic (exact) mass is 280 g/mol. The van der Waals surface area contributed by atoms with Crippen molar-refractivity contribution in [1.82, 2.24) is 9.97 Å². The molecule has 1 aliphatic rings. The maximum Gasteiger partial charge on any atom is 0.128 e. The molecule has 0 bridgehead atoms. The molecule has 2 heterocycles. The van der Waals surface area contributed by atoms with E-state index in [0.29, 0.717) is 0 Å². The number of carbonyl (C=O) groups excluding carboxylic acids is 1. The number of hydrogen-bond donors (Lipinski definition) is 1. The van der Waals surface area contributed by atoms with Crippen molar-refractivity contribution in [2.45, 2.75) is 44.7 Å². The van der Waals surface area contributed by atoms with Crippen molar-refractivity contribution in [2.24, 2.45) is 5.92 Å². The lowest BCUT2D eigenvalue weighted by Crippen LogP contribution is -2.51. The first kappa shape index (κ1) is 15.0. The van der Waals surface area contributed by atoms with Gasteiger partial charge in [-0.15, -0.1) is 0 Å². The van der Waals surface area contributed by atoms with Gasteiger partial charge in [-0.1, -0.05) is 6.92 Å². The summed E-state index contributed by atoms with van der Waals surface area (Å²) < 4.78 is 11.2. The highest BCUT2D eigenvalue weighted by molar-refractivity contribution is 5.56. The van der Waals surface area contributed by atoms with Crippen LogP contribution in [0.25, 0.3) is 0 Å². The molecule has 6 nitrogen and oxygen atoms in total. The summed E-state index contributed by atoms with van der Waals surface area (Å²) in [6, 6.07) is 0. The molecule has 6 heteroatoms. The zero-order chi connectivity index (χ0) is 14.7. The second-order valence-corrected chi connectivity index (χ2v) is 4.95. The molecule has 1 aromatic rings. The van der Waals surface area contributed by atoms with E-state index < -0.39 is 30.3 Å². The number of aromatic nitrogens is 2. The SMILES string of the molecule is CCc1cncnc1C1O[C@H](C)[C@H](O)[C@H](C=O)[C@H]1OC. The molecule has 0 amide bonds. The zero-order valence-electron chi connectivity index (χ0n) is 11.9. The lowest BCUT2D eigenvalue weighted by molar-refractivity contribution is -0.202. The highest BCUT2D eigenvalue weighted by Gasteiger charge is 2.45. The third-order valence-electron chi connectivity index (χ3n) is 3.82. The minimum absolute atomic E-state index is 0.457. The van der Waals surface area contributed by atoms with Crippen LogP contribution in [0.4, 0.5) is 0 Å². The fourth-order valence-corrected chi connectivity index (χ4v) is 2.65. The van der Waals surface area contributed by atoms with Crippen LogP contribution >= 0.6 is 0 Å². The number of methoxy groups -OCH3 is 1. The maximum absolute atomic E-state index is 11.3. The first-order chi connectivity index (χ1) is 9.63. The zero-order valence-corrected chi connectivity index (χ0v) is 11.9. The standard InChI is InChI=1S/C14H20N2O4/c1-4-9-5-15-7-16-11(9)14-13(19-3)10(6-17)12(18)8(2)20-14/h5-8,10,12-14,18H,4H2,1-3H3/t8-,10+,12+,13-,14?/m1/s1. The molecule has 1 unspecified atom stereocenters. The Hall–Kier alpha value is -1.37. The van der Waals surface area contributed by atoms with Crippen molar-refractivity contribution in [3.8, 4) is 0 Å². The largest absolute Gasteiger partial charge is 0.390 e. The van der Waals surface area contributed by atoms with Gasteiger partial charge in [0, 0.05) is 13.3 Å². The lowest BCUT2D eigenvalue weighted by atomic mass is 9.85. The van der Waals surface area contributed by atoms with Crippen molar-refractivity contribution < 1.29 is 19.4 Å². The van der Waals surface area contributed by atoms with Gasteiger partial charge in [0.2, 0.25) is 0 Å². The lowest BCUT2D eigenvalue weighted by Gasteiger charge is -2.41. The van der Waals surface area contributed by atoms with Crippen LogP contribution in [-0.2, 0) is 20.7 Å². The van der Waals surface area contributed by atoms with E-state index in [1.54, 1.807) is 13.1 Å². The van der Waals surface area contributed by atoms with Crippen molar-refractivity contribution >= 4 is 6.29 Å². The molecule has 1 aliphatic heterocycles. The van der Waals surface area contributed by atoms with Crippen molar-refractivity contribution in [1.29, 1.82) is 0 Å². The van der Waals surface area contributed by atoms with E-state index in [1.165, 1.54) is 13.4 Å². The summed E-state index contributed by atoms with van der Waals surface area (Å²) in [5, 5.41) is 10.1. The topological polar surface area (TPSA) is 81.5 Å². The van der Waals surface area contributed by atoms with Crippen LogP contribution < -0.4 is 0 Å². The van der Waals surface area contributed by atoms with Gasteiger partial charge in [0.1, 0.15) is 24.8 Å². The minimum Gasteiger partial charge on any atom is -0.390 e. The normalized spacial score (nSPS) is 33.9. The van der Waals surface area contributed by atoms with E-state index in [1.807, 2.05) is 6.92 Å². The van der Waals surface area contributed by atoms with E-state index in [9.17, 15) is 9.90 Å². The van der Waals surface area contributed by atoms with Crippen LogP contribution in [0.15, 0.2) is 12.5 Å². The number of ether oxygens (including phenoxy) is 2. The van der Waals surface area contributed by atoms with E-state index in [-0.39, 0.29) is 0 Å². The van der Waals surface area contributed by atoms with Gasteiger partial charge in [-0.3, -0.25) is 0 Å². The fraction of sp³-hybridized carbons (Fsp3) is 0.643. The van der Waals surface area contributed by atoms with Crippen molar-refractivity contribution in [2.75, 3.05) is 7.11 Å². The number of rotatable bonds is 4. The number of aliphatic hydroxyl groups excluding tert-OH is 1. The summed E-state index contributed by atoms with van der Waals surface area (Å²) in [5.74, 6) is -0.631. The molecule has 2 rings (SSSR count). The van der Waals surface area contributed by atoms with E-state index in [0.717, 1.165) is 24.0 Å². The van der Waals surface area contributed by atoms with Gasteiger partial charge < -0.3 is 19.4 Å². The summed E-state index contributed by atoms with van der Waals surface area (Å²) in [7, 11) is 1.51. The molecular formula is C14H20N2O4. The van der Waals surface area contributed by atoms with Gasteiger partial charge in [-0.05, 0) is 18.9 Å². The van der Waals surface area contributed by atoms with Gasteiger partial charge in [0.15, 0.2) is 0 Å². The molecular weight excluding hydrogens is 260 g/mol.